The maximum absolute atomic E-state index is 9.58. The fraction of sp³-hybridized carbons (Fsp3) is 0.0667. The van der Waals surface area contributed by atoms with Gasteiger partial charge in [-0.05, 0) is 19.1 Å². The van der Waals surface area contributed by atoms with Gasteiger partial charge in [-0.15, -0.1) is 0 Å². The SMILES string of the molecule is CC(=O)[O-].F[C](F)F.[Pb].[c]1ccccc1.[c]1ccccc1. The van der Waals surface area contributed by atoms with E-state index in [1.165, 1.54) is 0 Å². The van der Waals surface area contributed by atoms with E-state index >= 15 is 0 Å². The normalized spacial score (nSPS) is 7.48. The average Bonchev–Trinajstić information content (AvgIpc) is 2.42. The molecule has 2 nitrogen and oxygen atoms in total. The van der Waals surface area contributed by atoms with Crippen molar-refractivity contribution in [2.24, 2.45) is 0 Å². The molecule has 0 aliphatic heterocycles. The second-order valence-corrected chi connectivity index (χ2v) is 2.86. The average molecular weight is 489 g/mol. The van der Waals surface area contributed by atoms with E-state index in [2.05, 4.69) is 12.1 Å². The van der Waals surface area contributed by atoms with Gasteiger partial charge in [-0.25, -0.2) is 0 Å². The van der Waals surface area contributed by atoms with Crippen molar-refractivity contribution in [3.05, 3.63) is 79.5 Å². The van der Waals surface area contributed by atoms with E-state index in [-0.39, 0.29) is 27.3 Å². The molecule has 0 aliphatic rings. The van der Waals surface area contributed by atoms with Crippen molar-refractivity contribution in [3.63, 3.8) is 0 Å². The minimum absolute atomic E-state index is 0. The van der Waals surface area contributed by atoms with Crippen LogP contribution in [0.25, 0.3) is 0 Å². The number of halogens is 3. The first kappa shape index (κ1) is 24.6. The molecule has 0 aliphatic carbocycles. The maximum atomic E-state index is 9.58. The molecule has 0 N–H and O–H groups in total. The van der Waals surface area contributed by atoms with Gasteiger partial charge in [0.2, 0.25) is 0 Å². The fourth-order valence-electron chi connectivity index (χ4n) is 0.684. The van der Waals surface area contributed by atoms with Crippen LogP contribution in [-0.2, 0) is 4.79 Å². The number of hydrogen-bond acceptors (Lipinski definition) is 2. The van der Waals surface area contributed by atoms with Crippen LogP contribution in [0.5, 0.6) is 0 Å². The molecule has 0 saturated heterocycles. The van der Waals surface area contributed by atoms with Gasteiger partial charge in [-0.1, -0.05) is 60.7 Å². The predicted molar refractivity (Wildman–Crippen MR) is 73.6 cm³/mol. The van der Waals surface area contributed by atoms with Crippen LogP contribution in [0.15, 0.2) is 60.7 Å². The third-order valence-electron chi connectivity index (χ3n) is 1.21. The molecule has 0 aromatic heterocycles. The molecule has 0 bridgehead atoms. The standard InChI is InChI=1S/2C6H5.C2H4O2.CF3.Pb/c2*1-2-4-6-5-3-1;1-2(3)4;2-1(3)4;/h2*1-5H;1H3,(H,3,4);;/p-1. The van der Waals surface area contributed by atoms with E-state index in [1.54, 1.807) is 0 Å². The van der Waals surface area contributed by atoms with Gasteiger partial charge in [0.25, 0.3) is 0 Å². The molecular formula is C15H13F3O2Pb-. The molecule has 2 rings (SSSR count). The summed E-state index contributed by atoms with van der Waals surface area (Å²) in [6.07, 6.45) is 0. The molecule has 0 unspecified atom stereocenters. The third kappa shape index (κ3) is 45.6. The van der Waals surface area contributed by atoms with Crippen molar-refractivity contribution < 1.29 is 23.1 Å². The van der Waals surface area contributed by atoms with Gasteiger partial charge in [0, 0.05) is 33.3 Å². The number of carbonyl (C=O) groups excluding carboxylic acids is 1. The number of rotatable bonds is 0. The van der Waals surface area contributed by atoms with E-state index in [4.69, 9.17) is 9.90 Å². The summed E-state index contributed by atoms with van der Waals surface area (Å²) in [5.74, 6) is -1.08. The van der Waals surface area contributed by atoms with Crippen LogP contribution in [0, 0.1) is 18.8 Å². The summed E-state index contributed by atoms with van der Waals surface area (Å²) in [5.41, 5.74) is 0. The van der Waals surface area contributed by atoms with Gasteiger partial charge in [-0.3, -0.25) is 0 Å². The first-order valence-electron chi connectivity index (χ1n) is 5.30. The first-order chi connectivity index (χ1) is 9.46. The Kier molecular flexibility index (Phi) is 24.5. The summed E-state index contributed by atoms with van der Waals surface area (Å²) in [6, 6.07) is 25.0. The van der Waals surface area contributed by atoms with Gasteiger partial charge in [0.05, 0.1) is 0 Å². The summed E-state index contributed by atoms with van der Waals surface area (Å²) >= 11 is 0. The maximum Gasteiger partial charge on any atom is 0.487 e. The summed E-state index contributed by atoms with van der Waals surface area (Å²) in [6.45, 7) is -2.11. The molecule has 2 aromatic rings. The molecule has 0 heterocycles. The van der Waals surface area contributed by atoms with E-state index in [9.17, 15) is 13.2 Å². The molecule has 0 saturated carbocycles. The Morgan fingerprint density at radius 2 is 1.00 bits per heavy atom. The summed E-state index contributed by atoms with van der Waals surface area (Å²) in [5, 5.41) is 8.89. The van der Waals surface area contributed by atoms with Crippen molar-refractivity contribution in [1.29, 1.82) is 0 Å². The van der Waals surface area contributed by atoms with Crippen molar-refractivity contribution >= 4 is 33.3 Å². The Hall–Kier alpha value is -1.38. The molecular weight excluding hydrogens is 476 g/mol. The summed E-state index contributed by atoms with van der Waals surface area (Å²) < 4.78 is 28.8. The van der Waals surface area contributed by atoms with Crippen molar-refractivity contribution in [2.75, 3.05) is 0 Å². The second-order valence-electron chi connectivity index (χ2n) is 2.86. The minimum atomic E-state index is -3.08. The zero-order chi connectivity index (χ0) is 15.6. The number of carbonyl (C=O) groups is 1. The third-order valence-corrected chi connectivity index (χ3v) is 1.21. The summed E-state index contributed by atoms with van der Waals surface area (Å²) in [4.78, 5) is 8.89. The Bertz CT molecular complexity index is 309. The van der Waals surface area contributed by atoms with E-state index in [0.29, 0.717) is 0 Å². The number of benzene rings is 2. The van der Waals surface area contributed by atoms with Crippen LogP contribution in [0.2, 0.25) is 0 Å². The number of carboxylic acid groups (broad SMARTS) is 1. The minimum Gasteiger partial charge on any atom is -0.550 e. The smallest absolute Gasteiger partial charge is 0.487 e. The van der Waals surface area contributed by atoms with Crippen LogP contribution in [0.3, 0.4) is 0 Å². The molecule has 6 heteroatoms. The Labute approximate surface area is 142 Å². The Morgan fingerprint density at radius 1 is 0.810 bits per heavy atom. The zero-order valence-electron chi connectivity index (χ0n) is 11.2. The van der Waals surface area contributed by atoms with Crippen molar-refractivity contribution in [1.82, 2.24) is 0 Å². The molecule has 111 valence electrons. The number of aliphatic carboxylic acids is 1. The fourth-order valence-corrected chi connectivity index (χ4v) is 0.684. The van der Waals surface area contributed by atoms with Gasteiger partial charge in [0.15, 0.2) is 0 Å². The second kappa shape index (κ2) is 20.9. The van der Waals surface area contributed by atoms with Crippen molar-refractivity contribution in [2.45, 2.75) is 6.92 Å². The number of carboxylic acids is 1. The Balaban J connectivity index is -0.000000208. The van der Waals surface area contributed by atoms with Crippen LogP contribution >= 0.6 is 0 Å². The largest absolute Gasteiger partial charge is 0.550 e. The van der Waals surface area contributed by atoms with Gasteiger partial charge >= 0.3 is 6.68 Å². The first-order valence-corrected chi connectivity index (χ1v) is 5.30. The van der Waals surface area contributed by atoms with Crippen molar-refractivity contribution in [3.8, 4) is 0 Å². The predicted octanol–water partition coefficient (Wildman–Crippen LogP) is 2.69. The molecule has 0 fully saturated rings. The van der Waals surface area contributed by atoms with Crippen LogP contribution in [-0.4, -0.2) is 33.3 Å². The number of hydrogen-bond donors (Lipinski definition) is 0. The van der Waals surface area contributed by atoms with E-state index in [1.807, 2.05) is 60.7 Å². The van der Waals surface area contributed by atoms with Crippen LogP contribution in [0.4, 0.5) is 13.2 Å². The Morgan fingerprint density at radius 3 is 1.05 bits per heavy atom. The van der Waals surface area contributed by atoms with E-state index in [0.717, 1.165) is 6.92 Å². The molecule has 0 amide bonds. The summed E-state index contributed by atoms with van der Waals surface area (Å²) in [7, 11) is 0. The van der Waals surface area contributed by atoms with Crippen LogP contribution < -0.4 is 5.11 Å². The monoisotopic (exact) mass is 490 g/mol. The topological polar surface area (TPSA) is 40.1 Å². The van der Waals surface area contributed by atoms with Gasteiger partial charge in [-0.2, -0.15) is 13.2 Å². The van der Waals surface area contributed by atoms with Gasteiger partial charge in [0.1, 0.15) is 0 Å². The molecule has 2 aromatic carbocycles. The quantitative estimate of drug-likeness (QED) is 0.534. The van der Waals surface area contributed by atoms with Gasteiger partial charge < -0.3 is 9.90 Å². The zero-order valence-corrected chi connectivity index (χ0v) is 15.1. The van der Waals surface area contributed by atoms with E-state index < -0.39 is 12.6 Å². The van der Waals surface area contributed by atoms with Crippen LogP contribution in [0.1, 0.15) is 6.92 Å². The molecule has 0 atom stereocenters. The molecule has 7 radical (unpaired) electrons. The molecule has 21 heavy (non-hydrogen) atoms. The molecule has 0 spiro atoms.